The Labute approximate surface area is 158 Å². The molecule has 3 aromatic rings. The lowest BCUT2D eigenvalue weighted by atomic mass is 10.1. The van der Waals surface area contributed by atoms with Crippen LogP contribution in [0.1, 0.15) is 33.6 Å². The number of carbonyl (C=O) groups is 1. The van der Waals surface area contributed by atoms with Crippen LogP contribution in [-0.2, 0) is 6.42 Å². The Bertz CT molecular complexity index is 874. The van der Waals surface area contributed by atoms with E-state index >= 15 is 0 Å². The van der Waals surface area contributed by atoms with Gasteiger partial charge < -0.3 is 10.6 Å². The van der Waals surface area contributed by atoms with Crippen molar-refractivity contribution in [2.45, 2.75) is 26.7 Å². The number of aromatic nitrogens is 1. The van der Waals surface area contributed by atoms with Crippen LogP contribution in [0.15, 0.2) is 53.9 Å². The van der Waals surface area contributed by atoms with E-state index in [2.05, 4.69) is 53.7 Å². The van der Waals surface area contributed by atoms with Crippen molar-refractivity contribution in [2.75, 3.05) is 11.9 Å². The molecule has 0 atom stereocenters. The summed E-state index contributed by atoms with van der Waals surface area (Å²) < 4.78 is 0. The lowest BCUT2D eigenvalue weighted by molar-refractivity contribution is 0.0949. The fraction of sp³-hybridized carbons (Fsp3) is 0.238. The van der Waals surface area contributed by atoms with Crippen LogP contribution < -0.4 is 10.6 Å². The number of carbonyl (C=O) groups excluding carboxylic acids is 1. The van der Waals surface area contributed by atoms with Gasteiger partial charge in [0.05, 0.1) is 0 Å². The lowest BCUT2D eigenvalue weighted by Gasteiger charge is -2.07. The van der Waals surface area contributed by atoms with E-state index in [1.807, 2.05) is 24.3 Å². The Balaban J connectivity index is 1.49. The van der Waals surface area contributed by atoms with E-state index in [1.54, 1.807) is 5.38 Å². The molecule has 5 heteroatoms. The Morgan fingerprint density at radius 2 is 1.92 bits per heavy atom. The molecule has 0 unspecified atom stereocenters. The van der Waals surface area contributed by atoms with Gasteiger partial charge >= 0.3 is 0 Å². The Hall–Kier alpha value is -2.66. The number of aryl methyl sites for hydroxylation is 3. The van der Waals surface area contributed by atoms with Crippen molar-refractivity contribution in [1.29, 1.82) is 0 Å². The van der Waals surface area contributed by atoms with Gasteiger partial charge in [-0.2, -0.15) is 0 Å². The number of thiazole rings is 1. The van der Waals surface area contributed by atoms with Crippen molar-refractivity contribution in [3.8, 4) is 0 Å². The second-order valence-corrected chi connectivity index (χ2v) is 7.18. The normalized spacial score (nSPS) is 10.5. The van der Waals surface area contributed by atoms with E-state index in [0.29, 0.717) is 12.2 Å². The van der Waals surface area contributed by atoms with E-state index in [4.69, 9.17) is 0 Å². The monoisotopic (exact) mass is 365 g/mol. The smallest absolute Gasteiger partial charge is 0.270 e. The summed E-state index contributed by atoms with van der Waals surface area (Å²) >= 11 is 1.44. The van der Waals surface area contributed by atoms with Gasteiger partial charge in [-0.25, -0.2) is 4.98 Å². The zero-order valence-electron chi connectivity index (χ0n) is 15.1. The standard InChI is InChI=1S/C21H23N3OS/c1-15-10-11-18(16(2)13-15)23-21-24-19(14-26-21)20(25)22-12-6-9-17-7-4-3-5-8-17/h3-5,7-8,10-11,13-14H,6,9,12H2,1-2H3,(H,22,25)(H,23,24). The second kappa shape index (κ2) is 8.63. The van der Waals surface area contributed by atoms with Gasteiger partial charge in [0.25, 0.3) is 5.91 Å². The highest BCUT2D eigenvalue weighted by molar-refractivity contribution is 7.14. The number of amides is 1. The number of nitrogens with zero attached hydrogens (tertiary/aromatic N) is 1. The molecule has 0 aliphatic carbocycles. The first-order chi connectivity index (χ1) is 12.6. The third kappa shape index (κ3) is 4.92. The van der Waals surface area contributed by atoms with Crippen molar-refractivity contribution in [1.82, 2.24) is 10.3 Å². The van der Waals surface area contributed by atoms with E-state index in [1.165, 1.54) is 22.5 Å². The van der Waals surface area contributed by atoms with Gasteiger partial charge in [0.15, 0.2) is 5.13 Å². The lowest BCUT2D eigenvalue weighted by Crippen LogP contribution is -2.25. The topological polar surface area (TPSA) is 54.0 Å². The highest BCUT2D eigenvalue weighted by atomic mass is 32.1. The molecular formula is C21H23N3OS. The molecule has 26 heavy (non-hydrogen) atoms. The molecule has 1 aromatic heterocycles. The fourth-order valence-corrected chi connectivity index (χ4v) is 3.44. The molecule has 0 fully saturated rings. The minimum Gasteiger partial charge on any atom is -0.351 e. The van der Waals surface area contributed by atoms with Crippen LogP contribution in [0, 0.1) is 13.8 Å². The van der Waals surface area contributed by atoms with E-state index in [9.17, 15) is 4.79 Å². The molecule has 0 saturated heterocycles. The third-order valence-electron chi connectivity index (χ3n) is 4.13. The Kier molecular flexibility index (Phi) is 6.02. The molecule has 0 spiro atoms. The van der Waals surface area contributed by atoms with Crippen LogP contribution in [0.3, 0.4) is 0 Å². The Morgan fingerprint density at radius 3 is 2.69 bits per heavy atom. The zero-order chi connectivity index (χ0) is 18.4. The molecule has 2 aromatic carbocycles. The molecule has 0 aliphatic heterocycles. The number of rotatable bonds is 7. The van der Waals surface area contributed by atoms with Crippen molar-refractivity contribution in [3.05, 3.63) is 76.3 Å². The minimum absolute atomic E-state index is 0.122. The highest BCUT2D eigenvalue weighted by Crippen LogP contribution is 2.24. The molecule has 1 heterocycles. The number of anilines is 2. The van der Waals surface area contributed by atoms with Crippen molar-refractivity contribution >= 4 is 28.1 Å². The minimum atomic E-state index is -0.122. The number of hydrogen-bond acceptors (Lipinski definition) is 4. The maximum absolute atomic E-state index is 12.2. The average Bonchev–Trinajstić information content (AvgIpc) is 3.11. The predicted octanol–water partition coefficient (Wildman–Crippen LogP) is 4.87. The van der Waals surface area contributed by atoms with E-state index in [-0.39, 0.29) is 5.91 Å². The molecule has 3 rings (SSSR count). The SMILES string of the molecule is Cc1ccc(Nc2nc(C(=O)NCCCc3ccccc3)cs2)c(C)c1. The van der Waals surface area contributed by atoms with Crippen molar-refractivity contribution in [2.24, 2.45) is 0 Å². The second-order valence-electron chi connectivity index (χ2n) is 6.33. The first kappa shape index (κ1) is 18.1. The molecule has 0 radical (unpaired) electrons. The number of hydrogen-bond donors (Lipinski definition) is 2. The van der Waals surface area contributed by atoms with Crippen LogP contribution in [0.25, 0.3) is 0 Å². The zero-order valence-corrected chi connectivity index (χ0v) is 15.9. The maximum Gasteiger partial charge on any atom is 0.270 e. The van der Waals surface area contributed by atoms with Crippen LogP contribution in [0.2, 0.25) is 0 Å². The Morgan fingerprint density at radius 1 is 1.12 bits per heavy atom. The maximum atomic E-state index is 12.2. The third-order valence-corrected chi connectivity index (χ3v) is 4.89. The molecule has 1 amide bonds. The van der Waals surface area contributed by atoms with Gasteiger partial charge in [0, 0.05) is 17.6 Å². The van der Waals surface area contributed by atoms with Crippen LogP contribution >= 0.6 is 11.3 Å². The summed E-state index contributed by atoms with van der Waals surface area (Å²) in [6.45, 7) is 4.77. The van der Waals surface area contributed by atoms with Crippen molar-refractivity contribution < 1.29 is 4.79 Å². The van der Waals surface area contributed by atoms with Gasteiger partial charge in [-0.3, -0.25) is 4.79 Å². The summed E-state index contributed by atoms with van der Waals surface area (Å²) in [4.78, 5) is 16.6. The highest BCUT2D eigenvalue weighted by Gasteiger charge is 2.11. The molecule has 4 nitrogen and oxygen atoms in total. The van der Waals surface area contributed by atoms with Crippen LogP contribution in [-0.4, -0.2) is 17.4 Å². The summed E-state index contributed by atoms with van der Waals surface area (Å²) in [5, 5.41) is 8.75. The molecule has 0 saturated carbocycles. The van der Waals surface area contributed by atoms with Crippen molar-refractivity contribution in [3.63, 3.8) is 0 Å². The summed E-state index contributed by atoms with van der Waals surface area (Å²) in [6, 6.07) is 16.5. The molecule has 0 aliphatic rings. The first-order valence-electron chi connectivity index (χ1n) is 8.74. The van der Waals surface area contributed by atoms with E-state index in [0.717, 1.165) is 29.2 Å². The van der Waals surface area contributed by atoms with E-state index < -0.39 is 0 Å². The van der Waals surface area contributed by atoms with Crippen LogP contribution in [0.5, 0.6) is 0 Å². The summed E-state index contributed by atoms with van der Waals surface area (Å²) in [5.74, 6) is -0.122. The van der Waals surface area contributed by atoms with Crippen LogP contribution in [0.4, 0.5) is 10.8 Å². The molecule has 0 bridgehead atoms. The number of benzene rings is 2. The quantitative estimate of drug-likeness (QED) is 0.588. The van der Waals surface area contributed by atoms with Gasteiger partial charge in [-0.15, -0.1) is 11.3 Å². The van der Waals surface area contributed by atoms with Gasteiger partial charge in [-0.1, -0.05) is 48.0 Å². The summed E-state index contributed by atoms with van der Waals surface area (Å²) in [5.41, 5.74) is 5.15. The number of nitrogens with one attached hydrogen (secondary N) is 2. The molecule has 134 valence electrons. The van der Waals surface area contributed by atoms with Gasteiger partial charge in [-0.05, 0) is 43.9 Å². The largest absolute Gasteiger partial charge is 0.351 e. The van der Waals surface area contributed by atoms with Gasteiger partial charge in [0.1, 0.15) is 5.69 Å². The first-order valence-corrected chi connectivity index (χ1v) is 9.62. The molecule has 2 N–H and O–H groups in total. The predicted molar refractivity (Wildman–Crippen MR) is 108 cm³/mol. The summed E-state index contributed by atoms with van der Waals surface area (Å²) in [6.07, 6.45) is 1.87. The van der Waals surface area contributed by atoms with Gasteiger partial charge in [0.2, 0.25) is 0 Å². The fourth-order valence-electron chi connectivity index (χ4n) is 2.73. The summed E-state index contributed by atoms with van der Waals surface area (Å²) in [7, 11) is 0. The molecular weight excluding hydrogens is 342 g/mol. The average molecular weight is 366 g/mol.